The monoisotopic (exact) mass is 829 g/mol. The van der Waals surface area contributed by atoms with E-state index in [0.29, 0.717) is 11.0 Å². The van der Waals surface area contributed by atoms with Crippen LogP contribution >= 0.6 is 0 Å². The first-order valence-corrected chi connectivity index (χ1v) is 23.6. The van der Waals surface area contributed by atoms with Gasteiger partial charge in [0, 0.05) is 23.0 Å². The lowest BCUT2D eigenvalue weighted by Gasteiger charge is -2.56. The number of nitrogens with zero attached hydrogens (tertiary/aromatic N) is 2. The van der Waals surface area contributed by atoms with E-state index in [-0.39, 0.29) is 65.8 Å². The molecule has 1 heterocycles. The molecule has 4 aromatic rings. The number of rotatable bonds is 12. The average molecular weight is 830 g/mol. The van der Waals surface area contributed by atoms with E-state index in [2.05, 4.69) is 16.5 Å². The van der Waals surface area contributed by atoms with Crippen LogP contribution in [0.15, 0.2) is 83.2 Å². The van der Waals surface area contributed by atoms with Crippen LogP contribution in [0.1, 0.15) is 76.4 Å². The summed E-state index contributed by atoms with van der Waals surface area (Å²) in [4.78, 5) is 48.3. The fraction of sp³-hybridized carbons (Fsp3) is 0.395. The second-order valence-electron chi connectivity index (χ2n) is 17.0. The SMILES string of the molecule is C=CS(=O)(=O)Nc1cc(F)c2c(c1OCc1ccccc1)C(=O)C1C(=O)[C@]3(O[Si](C)(C)C(C)(C)C)C(=O)c4c(OCc5ccccc5)noc4[C@@H](N(C)C)[C@@H]3C[C@@H]1C2. The second-order valence-corrected chi connectivity index (χ2v) is 23.4. The number of benzene rings is 3. The molecule has 0 amide bonds. The van der Waals surface area contributed by atoms with Crippen LogP contribution in [0.5, 0.6) is 11.6 Å². The lowest BCUT2D eigenvalue weighted by Crippen LogP contribution is -2.70. The number of anilines is 1. The van der Waals surface area contributed by atoms with Crippen LogP contribution in [-0.2, 0) is 38.9 Å². The lowest BCUT2D eigenvalue weighted by molar-refractivity contribution is -0.151. The second kappa shape index (κ2) is 15.0. The number of fused-ring (bicyclic) bond motifs is 4. The number of ether oxygens (including phenoxy) is 2. The van der Waals surface area contributed by atoms with Crippen LogP contribution in [-0.4, -0.2) is 63.8 Å². The molecule has 1 fully saturated rings. The highest BCUT2D eigenvalue weighted by atomic mass is 32.2. The van der Waals surface area contributed by atoms with Gasteiger partial charge in [-0.2, -0.15) is 0 Å². The Labute approximate surface area is 338 Å². The Morgan fingerprint density at radius 3 is 2.17 bits per heavy atom. The number of Topliss-reactive ketones (excluding diaryl/α,β-unsaturated/α-hetero) is 3. The fourth-order valence-corrected chi connectivity index (χ4v) is 10.3. The minimum absolute atomic E-state index is 0.0121. The largest absolute Gasteiger partial charge is 0.486 e. The molecular formula is C43H48FN3O9SSi. The molecule has 0 radical (unpaired) electrons. The normalized spacial score (nSPS) is 23.1. The van der Waals surface area contributed by atoms with Crippen molar-refractivity contribution in [1.29, 1.82) is 0 Å². The molecule has 3 aliphatic carbocycles. The van der Waals surface area contributed by atoms with Gasteiger partial charge < -0.3 is 18.4 Å². The number of hydrogen-bond donors (Lipinski definition) is 1. The van der Waals surface area contributed by atoms with Crippen LogP contribution in [0.25, 0.3) is 0 Å². The summed E-state index contributed by atoms with van der Waals surface area (Å²) >= 11 is 0. The Morgan fingerprint density at radius 2 is 1.60 bits per heavy atom. The molecule has 1 N–H and O–H groups in total. The first-order valence-electron chi connectivity index (χ1n) is 19.1. The Hall–Kier alpha value is -4.96. The standard InChI is InChI=1S/C43H48FN3O9SSi/c1-9-57(51,52)46-31-22-30(44)28-20-27-21-29-35(47(5)6)38-34(41(45-55-38)54-24-26-18-14-11-15-19-26)40(50)43(29,56-58(7,8)42(2,3)4)39(49)32(27)36(48)33(28)37(31)53-23-25-16-12-10-13-17-25/h9-19,22,27,29,32,35,46H,1,20-21,23-24H2,2-8H3/t27-,29-,32?,35-,43-/m0/s1. The minimum atomic E-state index is -4.21. The van der Waals surface area contributed by atoms with Crippen LogP contribution in [0.2, 0.25) is 18.1 Å². The number of aromatic nitrogens is 1. The number of sulfonamides is 1. The predicted octanol–water partition coefficient (Wildman–Crippen LogP) is 7.68. The summed E-state index contributed by atoms with van der Waals surface area (Å²) in [7, 11) is -3.65. The number of halogens is 1. The highest BCUT2D eigenvalue weighted by Gasteiger charge is 2.70. The van der Waals surface area contributed by atoms with Gasteiger partial charge in [0.15, 0.2) is 37.0 Å². The number of ketones is 3. The summed E-state index contributed by atoms with van der Waals surface area (Å²) in [5, 5.41) is 4.38. The van der Waals surface area contributed by atoms with Crippen molar-refractivity contribution in [3.8, 4) is 11.6 Å². The molecule has 0 saturated heterocycles. The van der Waals surface area contributed by atoms with Gasteiger partial charge in [-0.1, -0.05) is 88.0 Å². The number of carbonyl (C=O) groups excluding carboxylic acids is 3. The number of hydrogen-bond acceptors (Lipinski definition) is 11. The Kier molecular flexibility index (Phi) is 10.7. The third kappa shape index (κ3) is 7.01. The number of carbonyl (C=O) groups is 3. The molecule has 3 aliphatic rings. The molecule has 1 unspecified atom stereocenters. The summed E-state index contributed by atoms with van der Waals surface area (Å²) in [5.41, 5.74) is -1.33. The molecule has 15 heteroatoms. The molecule has 5 atom stereocenters. The van der Waals surface area contributed by atoms with E-state index >= 15 is 18.8 Å². The molecule has 7 rings (SSSR count). The van der Waals surface area contributed by atoms with Crippen molar-refractivity contribution in [2.75, 3.05) is 18.8 Å². The molecule has 3 aromatic carbocycles. The first kappa shape index (κ1) is 41.2. The van der Waals surface area contributed by atoms with Crippen molar-refractivity contribution in [3.63, 3.8) is 0 Å². The van der Waals surface area contributed by atoms with E-state index in [9.17, 15) is 8.42 Å². The highest BCUT2D eigenvalue weighted by Crippen LogP contribution is 2.59. The van der Waals surface area contributed by atoms with Gasteiger partial charge in [-0.25, -0.2) is 12.8 Å². The summed E-state index contributed by atoms with van der Waals surface area (Å²) in [5.74, 6) is -6.31. The van der Waals surface area contributed by atoms with Gasteiger partial charge in [0.25, 0.3) is 15.9 Å². The molecule has 1 aromatic heterocycles. The Morgan fingerprint density at radius 1 is 1.00 bits per heavy atom. The maximum Gasteiger partial charge on any atom is 0.265 e. The molecule has 0 aliphatic heterocycles. The Balaban J connectivity index is 1.40. The maximum atomic E-state index is 16.3. The maximum absolute atomic E-state index is 16.3. The number of nitrogens with one attached hydrogen (secondary N) is 1. The third-order valence-corrected chi connectivity index (χ3v) is 17.5. The van der Waals surface area contributed by atoms with Crippen LogP contribution in [0.3, 0.4) is 0 Å². The average Bonchev–Trinajstić information content (AvgIpc) is 3.58. The van der Waals surface area contributed by atoms with Crippen molar-refractivity contribution < 1.29 is 45.6 Å². The summed E-state index contributed by atoms with van der Waals surface area (Å²) in [6.45, 7) is 13.1. The smallest absolute Gasteiger partial charge is 0.265 e. The minimum Gasteiger partial charge on any atom is -0.486 e. The molecular weight excluding hydrogens is 782 g/mol. The van der Waals surface area contributed by atoms with E-state index in [1.165, 1.54) is 0 Å². The van der Waals surface area contributed by atoms with Crippen LogP contribution in [0, 0.1) is 23.6 Å². The van der Waals surface area contributed by atoms with Crippen molar-refractivity contribution >= 4 is 41.4 Å². The van der Waals surface area contributed by atoms with Crippen molar-refractivity contribution in [1.82, 2.24) is 10.1 Å². The molecule has 0 spiro atoms. The van der Waals surface area contributed by atoms with Crippen molar-refractivity contribution in [2.24, 2.45) is 17.8 Å². The van der Waals surface area contributed by atoms with Gasteiger partial charge >= 0.3 is 0 Å². The van der Waals surface area contributed by atoms with Crippen molar-refractivity contribution in [3.05, 3.63) is 118 Å². The van der Waals surface area contributed by atoms with Crippen LogP contribution in [0.4, 0.5) is 10.1 Å². The van der Waals surface area contributed by atoms with Gasteiger partial charge in [0.1, 0.15) is 24.6 Å². The molecule has 306 valence electrons. The molecule has 58 heavy (non-hydrogen) atoms. The Bertz CT molecular complexity index is 2400. The molecule has 0 bridgehead atoms. The van der Waals surface area contributed by atoms with Gasteiger partial charge in [-0.05, 0) is 67.3 Å². The van der Waals surface area contributed by atoms with Crippen molar-refractivity contribution in [2.45, 2.75) is 76.6 Å². The van der Waals surface area contributed by atoms with E-state index in [1.807, 2.05) is 75.2 Å². The molecule has 12 nitrogen and oxygen atoms in total. The zero-order chi connectivity index (χ0) is 41.9. The summed E-state index contributed by atoms with van der Waals surface area (Å²) in [6, 6.07) is 18.5. The zero-order valence-corrected chi connectivity index (χ0v) is 35.4. The van der Waals surface area contributed by atoms with E-state index in [4.69, 9.17) is 18.4 Å². The quantitative estimate of drug-likeness (QED) is 0.111. The van der Waals surface area contributed by atoms with Gasteiger partial charge in [-0.15, -0.1) is 0 Å². The topological polar surface area (TPSA) is 154 Å². The predicted molar refractivity (Wildman–Crippen MR) is 217 cm³/mol. The van der Waals surface area contributed by atoms with E-state index < -0.39 is 75.9 Å². The summed E-state index contributed by atoms with van der Waals surface area (Å²) < 4.78 is 69.6. The third-order valence-electron chi connectivity index (χ3n) is 12.1. The fourth-order valence-electron chi connectivity index (χ4n) is 8.33. The van der Waals surface area contributed by atoms with Crippen LogP contribution < -0.4 is 14.2 Å². The van der Waals surface area contributed by atoms with E-state index in [0.717, 1.165) is 11.6 Å². The summed E-state index contributed by atoms with van der Waals surface area (Å²) in [6.07, 6.45) is 0.0326. The van der Waals surface area contributed by atoms with Gasteiger partial charge in [-0.3, -0.25) is 24.0 Å². The first-order chi connectivity index (χ1) is 27.3. The van der Waals surface area contributed by atoms with E-state index in [1.54, 1.807) is 38.4 Å². The highest BCUT2D eigenvalue weighted by molar-refractivity contribution is 7.95. The lowest BCUT2D eigenvalue weighted by atomic mass is 9.54. The zero-order valence-electron chi connectivity index (χ0n) is 33.6. The van der Waals surface area contributed by atoms with Gasteiger partial charge in [0.05, 0.1) is 23.2 Å². The molecule has 1 saturated carbocycles. The van der Waals surface area contributed by atoms with Gasteiger partial charge in [0.2, 0.25) is 5.78 Å².